The lowest BCUT2D eigenvalue weighted by Gasteiger charge is -2.10. The highest BCUT2D eigenvalue weighted by molar-refractivity contribution is 7.99. The van der Waals surface area contributed by atoms with Crippen molar-refractivity contribution in [3.05, 3.63) is 0 Å². The topological polar surface area (TPSA) is 92.7 Å². The van der Waals surface area contributed by atoms with Crippen LogP contribution in [0.25, 0.3) is 0 Å². The molecule has 7 heteroatoms. The van der Waals surface area contributed by atoms with Crippen molar-refractivity contribution in [1.29, 1.82) is 0 Å². The second-order valence-electron chi connectivity index (χ2n) is 3.59. The quantitative estimate of drug-likeness (QED) is 0.327. The van der Waals surface area contributed by atoms with Gasteiger partial charge in [0, 0.05) is 0 Å². The number of nitrogens with one attached hydrogen (secondary N) is 1. The van der Waals surface area contributed by atoms with Crippen LogP contribution < -0.4 is 5.32 Å². The van der Waals surface area contributed by atoms with Gasteiger partial charge >= 0.3 is 11.9 Å². The fourth-order valence-corrected chi connectivity index (χ4v) is 1.89. The molecule has 0 aromatic rings. The zero-order chi connectivity index (χ0) is 13.8. The molecule has 0 aliphatic rings. The summed E-state index contributed by atoms with van der Waals surface area (Å²) in [6.07, 6.45) is 2.46. The van der Waals surface area contributed by atoms with Gasteiger partial charge in [0.25, 0.3) is 0 Å². The molecule has 0 heterocycles. The highest BCUT2D eigenvalue weighted by Gasteiger charge is 2.15. The van der Waals surface area contributed by atoms with Crippen LogP contribution in [0.5, 0.6) is 0 Å². The monoisotopic (exact) mass is 277 g/mol. The van der Waals surface area contributed by atoms with Crippen molar-refractivity contribution < 1.29 is 24.2 Å². The van der Waals surface area contributed by atoms with Gasteiger partial charge in [-0.15, -0.1) is 0 Å². The molecule has 1 amide bonds. The van der Waals surface area contributed by atoms with Crippen molar-refractivity contribution in [2.45, 2.75) is 32.2 Å². The van der Waals surface area contributed by atoms with Crippen molar-refractivity contribution in [3.63, 3.8) is 0 Å². The molecule has 0 spiro atoms. The van der Waals surface area contributed by atoms with Crippen molar-refractivity contribution in [2.75, 3.05) is 18.1 Å². The highest BCUT2D eigenvalue weighted by atomic mass is 32.2. The van der Waals surface area contributed by atoms with Crippen LogP contribution in [0.3, 0.4) is 0 Å². The minimum Gasteiger partial charge on any atom is -0.480 e. The van der Waals surface area contributed by atoms with Gasteiger partial charge in [0.05, 0.1) is 12.4 Å². The fraction of sp³-hybridized carbons (Fsp3) is 0.727. The van der Waals surface area contributed by atoms with E-state index < -0.39 is 12.0 Å². The summed E-state index contributed by atoms with van der Waals surface area (Å²) >= 11 is 1.30. The van der Waals surface area contributed by atoms with E-state index in [0.29, 0.717) is 18.8 Å². The number of carbonyl (C=O) groups is 3. The Balaban J connectivity index is 3.61. The summed E-state index contributed by atoms with van der Waals surface area (Å²) in [6, 6.07) is -0.897. The molecule has 0 aromatic heterocycles. The molecule has 0 rings (SSSR count). The third-order valence-electron chi connectivity index (χ3n) is 2.10. The lowest BCUT2D eigenvalue weighted by atomic mass is 10.2. The van der Waals surface area contributed by atoms with E-state index in [0.717, 1.165) is 12.8 Å². The van der Waals surface area contributed by atoms with Gasteiger partial charge in [0.15, 0.2) is 0 Å². The molecule has 0 radical (unpaired) electrons. The van der Waals surface area contributed by atoms with Crippen LogP contribution in [0.15, 0.2) is 0 Å². The first-order valence-corrected chi connectivity index (χ1v) is 6.93. The van der Waals surface area contributed by atoms with Gasteiger partial charge < -0.3 is 15.2 Å². The number of esters is 1. The largest absolute Gasteiger partial charge is 0.480 e. The molecule has 1 atom stereocenters. The summed E-state index contributed by atoms with van der Waals surface area (Å²) in [6.45, 7) is 2.44. The molecule has 104 valence electrons. The average Bonchev–Trinajstić information content (AvgIpc) is 2.33. The average molecular weight is 277 g/mol. The van der Waals surface area contributed by atoms with E-state index in [9.17, 15) is 14.4 Å². The van der Waals surface area contributed by atoms with Crippen LogP contribution in [0.1, 0.15) is 26.2 Å². The summed E-state index contributed by atoms with van der Waals surface area (Å²) in [5, 5.41) is 10.9. The molecule has 6 nitrogen and oxygen atoms in total. The minimum absolute atomic E-state index is 0.205. The maximum Gasteiger partial charge on any atom is 0.326 e. The molecule has 1 unspecified atom stereocenters. The molecule has 18 heavy (non-hydrogen) atoms. The summed E-state index contributed by atoms with van der Waals surface area (Å²) in [4.78, 5) is 32.0. The predicted molar refractivity (Wildman–Crippen MR) is 68.4 cm³/mol. The Kier molecular flexibility index (Phi) is 10.1. The van der Waals surface area contributed by atoms with Crippen molar-refractivity contribution in [2.24, 2.45) is 0 Å². The molecule has 2 N–H and O–H groups in total. The Morgan fingerprint density at radius 1 is 1.50 bits per heavy atom. The van der Waals surface area contributed by atoms with Crippen LogP contribution in [0.2, 0.25) is 0 Å². The fourth-order valence-electron chi connectivity index (χ4n) is 1.09. The number of aliphatic carboxylic acids is 1. The molecule has 0 bridgehead atoms. The van der Waals surface area contributed by atoms with E-state index in [2.05, 4.69) is 5.32 Å². The maximum atomic E-state index is 11.2. The predicted octanol–water partition coefficient (Wildman–Crippen LogP) is 0.652. The first kappa shape index (κ1) is 16.8. The molecule has 0 saturated heterocycles. The van der Waals surface area contributed by atoms with Crippen LogP contribution >= 0.6 is 11.8 Å². The Morgan fingerprint density at radius 3 is 2.78 bits per heavy atom. The Bertz CT molecular complexity index is 272. The number of thioether (sulfide) groups is 1. The van der Waals surface area contributed by atoms with Gasteiger partial charge in [-0.25, -0.2) is 4.79 Å². The third-order valence-corrected chi connectivity index (χ3v) is 3.06. The highest BCUT2D eigenvalue weighted by Crippen LogP contribution is 2.06. The summed E-state index contributed by atoms with van der Waals surface area (Å²) in [5.74, 6) is -0.686. The van der Waals surface area contributed by atoms with Gasteiger partial charge in [0.1, 0.15) is 6.04 Å². The van der Waals surface area contributed by atoms with E-state index in [1.165, 1.54) is 11.8 Å². The van der Waals surface area contributed by atoms with Gasteiger partial charge in [-0.1, -0.05) is 13.3 Å². The molecule has 0 saturated carbocycles. The van der Waals surface area contributed by atoms with E-state index in [1.54, 1.807) is 0 Å². The molecule has 0 fully saturated rings. The Morgan fingerprint density at radius 2 is 2.22 bits per heavy atom. The Labute approximate surface area is 110 Å². The van der Waals surface area contributed by atoms with Crippen molar-refractivity contribution in [1.82, 2.24) is 5.32 Å². The first-order valence-electron chi connectivity index (χ1n) is 5.77. The maximum absolute atomic E-state index is 11.2. The third kappa shape index (κ3) is 8.86. The van der Waals surface area contributed by atoms with Gasteiger partial charge in [-0.2, -0.15) is 11.8 Å². The van der Waals surface area contributed by atoms with Crippen LogP contribution in [0, 0.1) is 0 Å². The molecule has 0 aliphatic carbocycles. The van der Waals surface area contributed by atoms with Crippen molar-refractivity contribution >= 4 is 30.1 Å². The number of ether oxygens (including phenoxy) is 1. The lowest BCUT2D eigenvalue weighted by Crippen LogP contribution is -2.36. The molecular formula is C11H19NO5S. The number of carbonyl (C=O) groups excluding carboxylic acids is 2. The van der Waals surface area contributed by atoms with E-state index in [1.807, 2.05) is 6.92 Å². The van der Waals surface area contributed by atoms with Gasteiger partial charge in [-0.05, 0) is 18.6 Å². The number of amides is 1. The van der Waals surface area contributed by atoms with E-state index in [-0.39, 0.29) is 18.1 Å². The number of hydrogen-bond donors (Lipinski definition) is 2. The smallest absolute Gasteiger partial charge is 0.326 e. The number of carboxylic acids is 1. The minimum atomic E-state index is -1.08. The summed E-state index contributed by atoms with van der Waals surface area (Å²) < 4.78 is 4.94. The number of hydrogen-bond acceptors (Lipinski definition) is 5. The van der Waals surface area contributed by atoms with Gasteiger partial charge in [0.2, 0.25) is 6.41 Å². The summed E-state index contributed by atoms with van der Waals surface area (Å²) in [5.41, 5.74) is 0. The molecule has 0 aromatic carbocycles. The van der Waals surface area contributed by atoms with Crippen LogP contribution in [0.4, 0.5) is 0 Å². The molecule has 0 aliphatic heterocycles. The molecular weight excluding hydrogens is 258 g/mol. The summed E-state index contributed by atoms with van der Waals surface area (Å²) in [7, 11) is 0. The zero-order valence-electron chi connectivity index (χ0n) is 10.4. The number of carboxylic acid groups (broad SMARTS) is 1. The second kappa shape index (κ2) is 10.9. The van der Waals surface area contributed by atoms with E-state index in [4.69, 9.17) is 9.84 Å². The SMILES string of the molecule is CCCCOC(=O)CSCCC(NC=O)C(=O)O. The Hall–Kier alpha value is -1.24. The van der Waals surface area contributed by atoms with E-state index >= 15 is 0 Å². The zero-order valence-corrected chi connectivity index (χ0v) is 11.2. The number of rotatable bonds is 11. The van der Waals surface area contributed by atoms with Crippen molar-refractivity contribution in [3.8, 4) is 0 Å². The van der Waals surface area contributed by atoms with Crippen LogP contribution in [-0.2, 0) is 19.1 Å². The van der Waals surface area contributed by atoms with Crippen LogP contribution in [-0.4, -0.2) is 47.6 Å². The normalized spacial score (nSPS) is 11.6. The lowest BCUT2D eigenvalue weighted by molar-refractivity contribution is -0.141. The second-order valence-corrected chi connectivity index (χ2v) is 4.70. The first-order chi connectivity index (χ1) is 8.61. The standard InChI is InChI=1S/C11H19NO5S/c1-2-3-5-17-10(14)7-18-6-4-9(11(15)16)12-8-13/h8-9H,2-7H2,1H3,(H,12,13)(H,15,16). The van der Waals surface area contributed by atoms with Gasteiger partial charge in [-0.3, -0.25) is 9.59 Å². The number of unbranched alkanes of at least 4 members (excludes halogenated alkanes) is 1.